The fourth-order valence-electron chi connectivity index (χ4n) is 1.71. The van der Waals surface area contributed by atoms with Gasteiger partial charge >= 0.3 is 0 Å². The standard InChI is InChI=1S/C14H14N2O4S/c1-10-4-5-11(9-13(10)21(15,18)19)16-14(17)7-6-12-3-2-8-20-12/h2-9H,1H3,(H,16,17)(H2,15,18,19)/b7-6+. The Morgan fingerprint density at radius 3 is 2.71 bits per heavy atom. The first-order chi connectivity index (χ1) is 9.86. The Balaban J connectivity index is 2.15. The third-order valence-electron chi connectivity index (χ3n) is 2.70. The molecular weight excluding hydrogens is 292 g/mol. The van der Waals surface area contributed by atoms with E-state index in [-0.39, 0.29) is 4.90 Å². The van der Waals surface area contributed by atoms with Gasteiger partial charge in [-0.25, -0.2) is 13.6 Å². The van der Waals surface area contributed by atoms with Crippen LogP contribution < -0.4 is 10.5 Å². The smallest absolute Gasteiger partial charge is 0.248 e. The van der Waals surface area contributed by atoms with Crippen LogP contribution in [0.1, 0.15) is 11.3 Å². The van der Waals surface area contributed by atoms with Gasteiger partial charge in [0.25, 0.3) is 0 Å². The zero-order valence-corrected chi connectivity index (χ0v) is 12.1. The predicted molar refractivity (Wildman–Crippen MR) is 78.9 cm³/mol. The monoisotopic (exact) mass is 306 g/mol. The summed E-state index contributed by atoms with van der Waals surface area (Å²) in [5.74, 6) is 0.134. The van der Waals surface area contributed by atoms with Crippen LogP contribution in [0.4, 0.5) is 5.69 Å². The van der Waals surface area contributed by atoms with E-state index in [1.165, 1.54) is 24.5 Å². The van der Waals surface area contributed by atoms with E-state index in [0.29, 0.717) is 17.0 Å². The Labute approximate surface area is 122 Å². The molecule has 1 heterocycles. The number of hydrogen-bond acceptors (Lipinski definition) is 4. The molecule has 0 aliphatic rings. The highest BCUT2D eigenvalue weighted by atomic mass is 32.2. The van der Waals surface area contributed by atoms with E-state index in [1.54, 1.807) is 31.2 Å². The van der Waals surface area contributed by atoms with Crippen molar-refractivity contribution in [3.63, 3.8) is 0 Å². The molecule has 0 aliphatic carbocycles. The zero-order valence-electron chi connectivity index (χ0n) is 11.2. The van der Waals surface area contributed by atoms with Gasteiger partial charge in [-0.2, -0.15) is 0 Å². The fourth-order valence-corrected chi connectivity index (χ4v) is 2.52. The lowest BCUT2D eigenvalue weighted by Crippen LogP contribution is -2.15. The van der Waals surface area contributed by atoms with Crippen molar-refractivity contribution in [2.45, 2.75) is 11.8 Å². The largest absolute Gasteiger partial charge is 0.465 e. The minimum absolute atomic E-state index is 0.0182. The highest BCUT2D eigenvalue weighted by molar-refractivity contribution is 7.89. The summed E-state index contributed by atoms with van der Waals surface area (Å²) in [5.41, 5.74) is 0.861. The number of benzene rings is 1. The van der Waals surface area contributed by atoms with Crippen LogP contribution >= 0.6 is 0 Å². The van der Waals surface area contributed by atoms with Crippen LogP contribution in [-0.2, 0) is 14.8 Å². The number of anilines is 1. The van der Waals surface area contributed by atoms with E-state index in [0.717, 1.165) is 0 Å². The summed E-state index contributed by atoms with van der Waals surface area (Å²) in [4.78, 5) is 11.7. The van der Waals surface area contributed by atoms with E-state index in [4.69, 9.17) is 9.56 Å². The zero-order chi connectivity index (χ0) is 15.5. The van der Waals surface area contributed by atoms with Gasteiger partial charge in [0.1, 0.15) is 5.76 Å². The number of primary sulfonamides is 1. The van der Waals surface area contributed by atoms with Crippen LogP contribution in [0.2, 0.25) is 0 Å². The molecule has 0 saturated heterocycles. The number of rotatable bonds is 4. The number of sulfonamides is 1. The summed E-state index contributed by atoms with van der Waals surface area (Å²) in [5, 5.41) is 7.67. The number of carbonyl (C=O) groups is 1. The third-order valence-corrected chi connectivity index (χ3v) is 3.76. The summed E-state index contributed by atoms with van der Waals surface area (Å²) in [6.07, 6.45) is 4.29. The maximum absolute atomic E-state index is 11.7. The molecule has 0 fully saturated rings. The average Bonchev–Trinajstić information content (AvgIpc) is 2.90. The molecule has 2 rings (SSSR count). The van der Waals surface area contributed by atoms with Crippen molar-refractivity contribution in [2.75, 3.05) is 5.32 Å². The van der Waals surface area contributed by atoms with Gasteiger partial charge in [0.05, 0.1) is 11.2 Å². The fraction of sp³-hybridized carbons (Fsp3) is 0.0714. The first kappa shape index (κ1) is 15.0. The van der Waals surface area contributed by atoms with Crippen LogP contribution in [0.15, 0.2) is 52.0 Å². The van der Waals surface area contributed by atoms with Crippen molar-refractivity contribution in [3.8, 4) is 0 Å². The quantitative estimate of drug-likeness (QED) is 0.842. The first-order valence-corrected chi connectivity index (χ1v) is 7.57. The van der Waals surface area contributed by atoms with Crippen LogP contribution in [0.5, 0.6) is 0 Å². The SMILES string of the molecule is Cc1ccc(NC(=O)/C=C/c2ccco2)cc1S(N)(=O)=O. The van der Waals surface area contributed by atoms with Crippen LogP contribution in [-0.4, -0.2) is 14.3 Å². The number of furan rings is 1. The van der Waals surface area contributed by atoms with Crippen LogP contribution in [0, 0.1) is 6.92 Å². The molecule has 1 aromatic heterocycles. The lowest BCUT2D eigenvalue weighted by molar-refractivity contribution is -0.111. The van der Waals surface area contributed by atoms with Crippen molar-refractivity contribution >= 4 is 27.7 Å². The van der Waals surface area contributed by atoms with E-state index < -0.39 is 15.9 Å². The lowest BCUT2D eigenvalue weighted by atomic mass is 10.2. The summed E-state index contributed by atoms with van der Waals surface area (Å²) in [6, 6.07) is 7.90. The molecule has 0 saturated carbocycles. The molecule has 0 bridgehead atoms. The van der Waals surface area contributed by atoms with Gasteiger partial charge in [0, 0.05) is 11.8 Å². The second-order valence-electron chi connectivity index (χ2n) is 4.36. The van der Waals surface area contributed by atoms with Gasteiger partial charge < -0.3 is 9.73 Å². The highest BCUT2D eigenvalue weighted by Crippen LogP contribution is 2.19. The number of nitrogens with two attached hydrogens (primary N) is 1. The molecule has 1 amide bonds. The van der Waals surface area contributed by atoms with Gasteiger partial charge in [-0.1, -0.05) is 6.07 Å². The Kier molecular flexibility index (Phi) is 4.25. The Morgan fingerprint density at radius 1 is 1.33 bits per heavy atom. The Hall–Kier alpha value is -2.38. The number of nitrogens with one attached hydrogen (secondary N) is 1. The van der Waals surface area contributed by atoms with Gasteiger partial charge in [-0.05, 0) is 42.8 Å². The molecule has 0 spiro atoms. The number of amides is 1. The number of aryl methyl sites for hydroxylation is 1. The molecule has 110 valence electrons. The van der Waals surface area contributed by atoms with Crippen molar-refractivity contribution in [3.05, 3.63) is 54.0 Å². The number of carbonyl (C=O) groups excluding carboxylic acids is 1. The molecule has 0 unspecified atom stereocenters. The third kappa shape index (κ3) is 4.04. The Bertz CT molecular complexity index is 777. The predicted octanol–water partition coefficient (Wildman–Crippen LogP) is 1.89. The molecule has 2 aromatic rings. The summed E-state index contributed by atoms with van der Waals surface area (Å²) in [7, 11) is -3.82. The van der Waals surface area contributed by atoms with Crippen LogP contribution in [0.3, 0.4) is 0 Å². The maximum Gasteiger partial charge on any atom is 0.248 e. The normalized spacial score (nSPS) is 11.7. The van der Waals surface area contributed by atoms with Crippen molar-refractivity contribution in [2.24, 2.45) is 5.14 Å². The summed E-state index contributed by atoms with van der Waals surface area (Å²) < 4.78 is 27.9. The first-order valence-electron chi connectivity index (χ1n) is 6.02. The molecule has 3 N–H and O–H groups in total. The second kappa shape index (κ2) is 5.94. The molecule has 0 radical (unpaired) electrons. The van der Waals surface area contributed by atoms with Crippen molar-refractivity contribution in [1.82, 2.24) is 0 Å². The number of hydrogen-bond donors (Lipinski definition) is 2. The summed E-state index contributed by atoms with van der Waals surface area (Å²) in [6.45, 7) is 1.63. The minimum Gasteiger partial charge on any atom is -0.465 e. The van der Waals surface area contributed by atoms with Gasteiger partial charge in [0.15, 0.2) is 0 Å². The molecule has 1 aromatic carbocycles. The minimum atomic E-state index is -3.82. The topological polar surface area (TPSA) is 102 Å². The molecule has 21 heavy (non-hydrogen) atoms. The molecule has 0 atom stereocenters. The highest BCUT2D eigenvalue weighted by Gasteiger charge is 2.12. The summed E-state index contributed by atoms with van der Waals surface area (Å²) >= 11 is 0. The van der Waals surface area contributed by atoms with Gasteiger partial charge in [-0.15, -0.1) is 0 Å². The van der Waals surface area contributed by atoms with Crippen molar-refractivity contribution in [1.29, 1.82) is 0 Å². The van der Waals surface area contributed by atoms with E-state index in [9.17, 15) is 13.2 Å². The lowest BCUT2D eigenvalue weighted by Gasteiger charge is -2.07. The van der Waals surface area contributed by atoms with E-state index in [2.05, 4.69) is 5.32 Å². The Morgan fingerprint density at radius 2 is 2.10 bits per heavy atom. The van der Waals surface area contributed by atoms with Gasteiger partial charge in [0.2, 0.25) is 15.9 Å². The molecule has 0 aliphatic heterocycles. The molecule has 7 heteroatoms. The van der Waals surface area contributed by atoms with Crippen molar-refractivity contribution < 1.29 is 17.6 Å². The molecule has 6 nitrogen and oxygen atoms in total. The van der Waals surface area contributed by atoms with Gasteiger partial charge in [-0.3, -0.25) is 4.79 Å². The second-order valence-corrected chi connectivity index (χ2v) is 5.89. The average molecular weight is 306 g/mol. The molecular formula is C14H14N2O4S. The van der Waals surface area contributed by atoms with Crippen LogP contribution in [0.25, 0.3) is 6.08 Å². The van der Waals surface area contributed by atoms with E-state index >= 15 is 0 Å². The maximum atomic E-state index is 11.7. The van der Waals surface area contributed by atoms with E-state index in [1.807, 2.05) is 0 Å².